The molecule has 1 amide bonds. The standard InChI is InChI=1S/C9H13N3O/c1-12(2)9(13)7-11-8-3-5-10-6-4-8/h3-6H,7H2,1-2H3,(H,10,11). The van der Waals surface area contributed by atoms with Gasteiger partial charge in [0.2, 0.25) is 5.91 Å². The third kappa shape index (κ3) is 3.11. The van der Waals surface area contributed by atoms with Crippen molar-refractivity contribution in [1.82, 2.24) is 9.88 Å². The van der Waals surface area contributed by atoms with Gasteiger partial charge in [0.15, 0.2) is 0 Å². The smallest absolute Gasteiger partial charge is 0.241 e. The van der Waals surface area contributed by atoms with Gasteiger partial charge in [0, 0.05) is 32.2 Å². The van der Waals surface area contributed by atoms with Gasteiger partial charge in [0.05, 0.1) is 6.54 Å². The fourth-order valence-electron chi connectivity index (χ4n) is 0.806. The summed E-state index contributed by atoms with van der Waals surface area (Å²) in [5.74, 6) is 0.0526. The van der Waals surface area contributed by atoms with Crippen molar-refractivity contribution in [2.45, 2.75) is 0 Å². The SMILES string of the molecule is CN(C)C(=O)CNc1ccncc1. The fourth-order valence-corrected chi connectivity index (χ4v) is 0.806. The Morgan fingerprint density at radius 3 is 2.62 bits per heavy atom. The van der Waals surface area contributed by atoms with Gasteiger partial charge in [-0.05, 0) is 12.1 Å². The molecule has 0 aliphatic rings. The molecular weight excluding hydrogens is 166 g/mol. The van der Waals surface area contributed by atoms with Crippen LogP contribution in [0.25, 0.3) is 0 Å². The van der Waals surface area contributed by atoms with Crippen LogP contribution in [0.15, 0.2) is 24.5 Å². The van der Waals surface area contributed by atoms with Gasteiger partial charge >= 0.3 is 0 Å². The quantitative estimate of drug-likeness (QED) is 0.738. The molecule has 70 valence electrons. The second kappa shape index (κ2) is 4.45. The van der Waals surface area contributed by atoms with E-state index < -0.39 is 0 Å². The van der Waals surface area contributed by atoms with Crippen LogP contribution >= 0.6 is 0 Å². The summed E-state index contributed by atoms with van der Waals surface area (Å²) in [5, 5.41) is 2.99. The zero-order valence-electron chi connectivity index (χ0n) is 7.82. The molecule has 1 aromatic heterocycles. The molecule has 0 aliphatic carbocycles. The molecule has 0 unspecified atom stereocenters. The van der Waals surface area contributed by atoms with Crippen LogP contribution in [0.2, 0.25) is 0 Å². The Morgan fingerprint density at radius 2 is 2.08 bits per heavy atom. The van der Waals surface area contributed by atoms with E-state index in [2.05, 4.69) is 10.3 Å². The van der Waals surface area contributed by atoms with E-state index in [1.165, 1.54) is 0 Å². The topological polar surface area (TPSA) is 45.2 Å². The molecule has 0 saturated carbocycles. The molecule has 0 fully saturated rings. The third-order valence-corrected chi connectivity index (χ3v) is 1.62. The van der Waals surface area contributed by atoms with Crippen molar-refractivity contribution < 1.29 is 4.79 Å². The highest BCUT2D eigenvalue weighted by molar-refractivity contribution is 5.80. The zero-order chi connectivity index (χ0) is 9.68. The summed E-state index contributed by atoms with van der Waals surface area (Å²) in [5.41, 5.74) is 0.908. The van der Waals surface area contributed by atoms with Crippen LogP contribution in [0.3, 0.4) is 0 Å². The number of hydrogen-bond acceptors (Lipinski definition) is 3. The van der Waals surface area contributed by atoms with Crippen molar-refractivity contribution >= 4 is 11.6 Å². The minimum absolute atomic E-state index is 0.0526. The van der Waals surface area contributed by atoms with Gasteiger partial charge in [0.1, 0.15) is 0 Å². The van der Waals surface area contributed by atoms with E-state index in [1.54, 1.807) is 31.4 Å². The first kappa shape index (κ1) is 9.51. The van der Waals surface area contributed by atoms with E-state index in [0.29, 0.717) is 6.54 Å². The summed E-state index contributed by atoms with van der Waals surface area (Å²) in [6.45, 7) is 0.316. The van der Waals surface area contributed by atoms with Crippen molar-refractivity contribution in [1.29, 1.82) is 0 Å². The molecule has 0 atom stereocenters. The summed E-state index contributed by atoms with van der Waals surface area (Å²) in [6.07, 6.45) is 3.37. The van der Waals surface area contributed by atoms with Gasteiger partial charge in [-0.25, -0.2) is 0 Å². The maximum Gasteiger partial charge on any atom is 0.241 e. The van der Waals surface area contributed by atoms with Crippen molar-refractivity contribution in [2.75, 3.05) is 26.0 Å². The van der Waals surface area contributed by atoms with E-state index in [9.17, 15) is 4.79 Å². The van der Waals surface area contributed by atoms with E-state index in [1.807, 2.05) is 12.1 Å². The number of carbonyl (C=O) groups is 1. The van der Waals surface area contributed by atoms with Crippen LogP contribution in [0.1, 0.15) is 0 Å². The van der Waals surface area contributed by atoms with Gasteiger partial charge in [-0.1, -0.05) is 0 Å². The summed E-state index contributed by atoms with van der Waals surface area (Å²) in [4.78, 5) is 16.6. The molecule has 1 heterocycles. The number of amides is 1. The molecule has 4 heteroatoms. The number of anilines is 1. The lowest BCUT2D eigenvalue weighted by Gasteiger charge is -2.11. The van der Waals surface area contributed by atoms with Gasteiger partial charge in [-0.2, -0.15) is 0 Å². The van der Waals surface area contributed by atoms with E-state index in [-0.39, 0.29) is 5.91 Å². The van der Waals surface area contributed by atoms with Crippen LogP contribution < -0.4 is 5.32 Å². The van der Waals surface area contributed by atoms with E-state index in [0.717, 1.165) is 5.69 Å². The van der Waals surface area contributed by atoms with Crippen LogP contribution in [0.4, 0.5) is 5.69 Å². The highest BCUT2D eigenvalue weighted by Gasteiger charge is 2.01. The first-order chi connectivity index (χ1) is 6.20. The molecule has 0 bridgehead atoms. The lowest BCUT2D eigenvalue weighted by atomic mass is 10.4. The maximum atomic E-state index is 11.2. The average Bonchev–Trinajstić information content (AvgIpc) is 2.15. The van der Waals surface area contributed by atoms with Gasteiger partial charge in [-0.3, -0.25) is 9.78 Å². The zero-order valence-corrected chi connectivity index (χ0v) is 7.82. The van der Waals surface area contributed by atoms with Gasteiger partial charge in [-0.15, -0.1) is 0 Å². The molecule has 0 aliphatic heterocycles. The maximum absolute atomic E-state index is 11.2. The molecule has 0 radical (unpaired) electrons. The Bertz CT molecular complexity index is 271. The Hall–Kier alpha value is -1.58. The predicted octanol–water partition coefficient (Wildman–Crippen LogP) is 0.582. The summed E-state index contributed by atoms with van der Waals surface area (Å²) >= 11 is 0. The normalized spacial score (nSPS) is 9.38. The summed E-state index contributed by atoms with van der Waals surface area (Å²) in [7, 11) is 3.47. The monoisotopic (exact) mass is 179 g/mol. The molecule has 1 aromatic rings. The number of hydrogen-bond donors (Lipinski definition) is 1. The van der Waals surface area contributed by atoms with Crippen molar-refractivity contribution in [3.63, 3.8) is 0 Å². The molecule has 1 N–H and O–H groups in total. The Labute approximate surface area is 77.6 Å². The molecule has 0 spiro atoms. The third-order valence-electron chi connectivity index (χ3n) is 1.62. The Kier molecular flexibility index (Phi) is 3.25. The molecular formula is C9H13N3O. The number of nitrogens with one attached hydrogen (secondary N) is 1. The summed E-state index contributed by atoms with van der Waals surface area (Å²) < 4.78 is 0. The van der Waals surface area contributed by atoms with Crippen molar-refractivity contribution in [3.05, 3.63) is 24.5 Å². The predicted molar refractivity (Wildman–Crippen MR) is 51.4 cm³/mol. The second-order valence-electron chi connectivity index (χ2n) is 2.88. The number of rotatable bonds is 3. The van der Waals surface area contributed by atoms with E-state index in [4.69, 9.17) is 0 Å². The molecule has 4 nitrogen and oxygen atoms in total. The van der Waals surface area contributed by atoms with E-state index >= 15 is 0 Å². The van der Waals surface area contributed by atoms with Crippen molar-refractivity contribution in [3.8, 4) is 0 Å². The van der Waals surface area contributed by atoms with Crippen molar-refractivity contribution in [2.24, 2.45) is 0 Å². The highest BCUT2D eigenvalue weighted by atomic mass is 16.2. The lowest BCUT2D eigenvalue weighted by molar-refractivity contribution is -0.126. The molecule has 1 rings (SSSR count). The van der Waals surface area contributed by atoms with Crippen LogP contribution in [0.5, 0.6) is 0 Å². The Morgan fingerprint density at radius 1 is 1.46 bits per heavy atom. The van der Waals surface area contributed by atoms with Gasteiger partial charge < -0.3 is 10.2 Å². The fraction of sp³-hybridized carbons (Fsp3) is 0.333. The lowest BCUT2D eigenvalue weighted by Crippen LogP contribution is -2.28. The second-order valence-corrected chi connectivity index (χ2v) is 2.88. The Balaban J connectivity index is 2.40. The largest absolute Gasteiger partial charge is 0.376 e. The highest BCUT2D eigenvalue weighted by Crippen LogP contribution is 2.01. The molecule has 0 saturated heterocycles. The van der Waals surface area contributed by atoms with Crippen LogP contribution in [-0.4, -0.2) is 36.4 Å². The molecule has 0 aromatic carbocycles. The number of aromatic nitrogens is 1. The van der Waals surface area contributed by atoms with Crippen LogP contribution in [-0.2, 0) is 4.79 Å². The number of likely N-dealkylation sites (N-methyl/N-ethyl adjacent to an activating group) is 1. The average molecular weight is 179 g/mol. The number of pyridine rings is 1. The molecule has 13 heavy (non-hydrogen) atoms. The summed E-state index contributed by atoms with van der Waals surface area (Å²) in [6, 6.07) is 3.64. The first-order valence-electron chi connectivity index (χ1n) is 4.04. The first-order valence-corrected chi connectivity index (χ1v) is 4.04. The van der Waals surface area contributed by atoms with Crippen LogP contribution in [0, 0.1) is 0 Å². The minimum Gasteiger partial charge on any atom is -0.376 e. The van der Waals surface area contributed by atoms with Gasteiger partial charge in [0.25, 0.3) is 0 Å². The number of carbonyl (C=O) groups excluding carboxylic acids is 1. The number of nitrogens with zero attached hydrogens (tertiary/aromatic N) is 2. The minimum atomic E-state index is 0.0526.